The predicted molar refractivity (Wildman–Crippen MR) is 66.1 cm³/mol. The smallest absolute Gasteiger partial charge is 0.168 e. The van der Waals surface area contributed by atoms with Crippen LogP contribution in [0.2, 0.25) is 5.02 Å². The highest BCUT2D eigenvalue weighted by Gasteiger charge is 2.07. The first-order valence-corrected chi connectivity index (χ1v) is 5.22. The van der Waals surface area contributed by atoms with Crippen molar-refractivity contribution in [3.05, 3.63) is 21.6 Å². The molecule has 0 heterocycles. The Morgan fingerprint density at radius 1 is 1.64 bits per heavy atom. The highest BCUT2D eigenvalue weighted by molar-refractivity contribution is 9.10. The lowest BCUT2D eigenvalue weighted by atomic mass is 10.3. The van der Waals surface area contributed by atoms with Crippen LogP contribution in [0.4, 0.5) is 5.69 Å². The molecule has 6 heteroatoms. The van der Waals surface area contributed by atoms with Gasteiger partial charge in [-0.05, 0) is 40.3 Å². The minimum Gasteiger partial charge on any atom is -0.494 e. The topological polar surface area (TPSA) is 47.3 Å². The van der Waals surface area contributed by atoms with Gasteiger partial charge in [0.1, 0.15) is 0 Å². The molecular formula is C8H8BrClN2OS. The normalized spacial score (nSPS) is 9.64. The van der Waals surface area contributed by atoms with Crippen LogP contribution in [0.15, 0.2) is 16.6 Å². The minimum atomic E-state index is 0.193. The maximum absolute atomic E-state index is 5.94. The van der Waals surface area contributed by atoms with Crippen LogP contribution in [0.3, 0.4) is 0 Å². The average Bonchev–Trinajstić information content (AvgIpc) is 2.01. The molecule has 0 spiro atoms. The fraction of sp³-hybridized carbons (Fsp3) is 0.125. The lowest BCUT2D eigenvalue weighted by Gasteiger charge is -2.09. The van der Waals surface area contributed by atoms with Gasteiger partial charge in [0.05, 0.1) is 16.6 Å². The molecule has 0 fully saturated rings. The number of hydrogen-bond donors (Lipinski definition) is 2. The van der Waals surface area contributed by atoms with Gasteiger partial charge in [-0.1, -0.05) is 11.6 Å². The number of nitrogens with two attached hydrogens (primary N) is 1. The summed E-state index contributed by atoms with van der Waals surface area (Å²) in [6, 6.07) is 3.47. The van der Waals surface area contributed by atoms with Crippen LogP contribution in [0.1, 0.15) is 0 Å². The quantitative estimate of drug-likeness (QED) is 0.824. The second kappa shape index (κ2) is 4.82. The summed E-state index contributed by atoms with van der Waals surface area (Å²) in [6.45, 7) is 0. The number of hydrogen-bond acceptors (Lipinski definition) is 2. The number of nitrogens with one attached hydrogen (secondary N) is 1. The first-order chi connectivity index (χ1) is 6.54. The standard InChI is InChI=1S/C8H8BrClN2OS/c1-13-7-5(9)2-4(3-6(7)10)12-8(11)14/h2-3H,1H3,(H3,11,12,14). The van der Waals surface area contributed by atoms with Crippen molar-refractivity contribution in [3.63, 3.8) is 0 Å². The summed E-state index contributed by atoms with van der Waals surface area (Å²) >= 11 is 14.0. The zero-order chi connectivity index (χ0) is 10.7. The Hall–Kier alpha value is -0.520. The number of benzene rings is 1. The third kappa shape index (κ3) is 2.73. The van der Waals surface area contributed by atoms with Gasteiger partial charge < -0.3 is 15.8 Å². The van der Waals surface area contributed by atoms with Crippen molar-refractivity contribution in [1.82, 2.24) is 0 Å². The maximum Gasteiger partial charge on any atom is 0.168 e. The highest BCUT2D eigenvalue weighted by atomic mass is 79.9. The van der Waals surface area contributed by atoms with E-state index in [0.717, 1.165) is 10.2 Å². The number of ether oxygens (including phenoxy) is 1. The summed E-state index contributed by atoms with van der Waals surface area (Å²) in [6.07, 6.45) is 0. The molecule has 0 radical (unpaired) electrons. The van der Waals surface area contributed by atoms with E-state index in [1.54, 1.807) is 19.2 Å². The first-order valence-electron chi connectivity index (χ1n) is 3.64. The molecule has 3 nitrogen and oxygen atoms in total. The second-order valence-electron chi connectivity index (χ2n) is 2.46. The monoisotopic (exact) mass is 294 g/mol. The van der Waals surface area contributed by atoms with Gasteiger partial charge in [0.15, 0.2) is 10.9 Å². The number of methoxy groups -OCH3 is 1. The SMILES string of the molecule is COc1c(Cl)cc(NC(N)=S)cc1Br. The van der Waals surface area contributed by atoms with Gasteiger partial charge in [0.2, 0.25) is 0 Å². The molecule has 0 amide bonds. The van der Waals surface area contributed by atoms with Crippen molar-refractivity contribution >= 4 is 50.5 Å². The molecule has 0 saturated carbocycles. The number of rotatable bonds is 2. The number of anilines is 1. The molecule has 0 aliphatic rings. The molecule has 1 aromatic rings. The van der Waals surface area contributed by atoms with Crippen LogP contribution >= 0.6 is 39.7 Å². The fourth-order valence-electron chi connectivity index (χ4n) is 0.969. The van der Waals surface area contributed by atoms with Gasteiger partial charge in [-0.3, -0.25) is 0 Å². The van der Waals surface area contributed by atoms with Crippen molar-refractivity contribution in [1.29, 1.82) is 0 Å². The molecule has 0 saturated heterocycles. The third-order valence-electron chi connectivity index (χ3n) is 1.47. The summed E-state index contributed by atoms with van der Waals surface area (Å²) in [5.41, 5.74) is 6.04. The molecule has 0 aromatic heterocycles. The van der Waals surface area contributed by atoms with Gasteiger partial charge in [-0.15, -0.1) is 0 Å². The van der Waals surface area contributed by atoms with Crippen LogP contribution in [0.25, 0.3) is 0 Å². The fourth-order valence-corrected chi connectivity index (χ4v) is 2.12. The largest absolute Gasteiger partial charge is 0.494 e. The summed E-state index contributed by atoms with van der Waals surface area (Å²) < 4.78 is 5.81. The van der Waals surface area contributed by atoms with Crippen molar-refractivity contribution in [2.24, 2.45) is 5.73 Å². The second-order valence-corrected chi connectivity index (χ2v) is 4.16. The van der Waals surface area contributed by atoms with Crippen LogP contribution in [-0.2, 0) is 0 Å². The molecule has 0 bridgehead atoms. The zero-order valence-corrected chi connectivity index (χ0v) is 10.5. The Kier molecular flexibility index (Phi) is 3.97. The molecule has 0 aliphatic heterocycles. The first kappa shape index (κ1) is 11.6. The average molecular weight is 296 g/mol. The van der Waals surface area contributed by atoms with Crippen LogP contribution < -0.4 is 15.8 Å². The van der Waals surface area contributed by atoms with E-state index in [0.29, 0.717) is 10.8 Å². The molecule has 0 aliphatic carbocycles. The van der Waals surface area contributed by atoms with Crippen molar-refractivity contribution in [2.75, 3.05) is 12.4 Å². The van der Waals surface area contributed by atoms with Crippen LogP contribution in [-0.4, -0.2) is 12.2 Å². The molecule has 1 aromatic carbocycles. The number of halogens is 2. The van der Waals surface area contributed by atoms with Gasteiger partial charge in [-0.2, -0.15) is 0 Å². The molecular weight excluding hydrogens is 288 g/mol. The highest BCUT2D eigenvalue weighted by Crippen LogP contribution is 2.35. The maximum atomic E-state index is 5.94. The summed E-state index contributed by atoms with van der Waals surface area (Å²) in [7, 11) is 1.55. The zero-order valence-electron chi connectivity index (χ0n) is 7.30. The minimum absolute atomic E-state index is 0.193. The van der Waals surface area contributed by atoms with E-state index in [2.05, 4.69) is 21.2 Å². The Morgan fingerprint density at radius 2 is 2.29 bits per heavy atom. The van der Waals surface area contributed by atoms with Crippen molar-refractivity contribution in [2.45, 2.75) is 0 Å². The van der Waals surface area contributed by atoms with E-state index >= 15 is 0 Å². The van der Waals surface area contributed by atoms with Gasteiger partial charge in [0.25, 0.3) is 0 Å². The molecule has 14 heavy (non-hydrogen) atoms. The van der Waals surface area contributed by atoms with Crippen molar-refractivity contribution < 1.29 is 4.74 Å². The van der Waals surface area contributed by atoms with Crippen molar-refractivity contribution in [3.8, 4) is 5.75 Å². The molecule has 0 atom stereocenters. The van der Waals surface area contributed by atoms with Gasteiger partial charge >= 0.3 is 0 Å². The van der Waals surface area contributed by atoms with Gasteiger partial charge in [0, 0.05) is 5.69 Å². The Morgan fingerprint density at radius 3 is 2.71 bits per heavy atom. The summed E-state index contributed by atoms with van der Waals surface area (Å²) in [5, 5.41) is 3.46. The summed E-state index contributed by atoms with van der Waals surface area (Å²) in [4.78, 5) is 0. The van der Waals surface area contributed by atoms with E-state index < -0.39 is 0 Å². The van der Waals surface area contributed by atoms with E-state index in [1.807, 2.05) is 0 Å². The Balaban J connectivity index is 3.07. The number of thiocarbonyl (C=S) groups is 1. The molecule has 0 unspecified atom stereocenters. The van der Waals surface area contributed by atoms with E-state index in [9.17, 15) is 0 Å². The van der Waals surface area contributed by atoms with Crippen LogP contribution in [0.5, 0.6) is 5.75 Å². The Labute approximate surface area is 101 Å². The molecule has 1 rings (SSSR count). The van der Waals surface area contributed by atoms with E-state index in [-0.39, 0.29) is 5.11 Å². The molecule has 3 N–H and O–H groups in total. The third-order valence-corrected chi connectivity index (χ3v) is 2.44. The van der Waals surface area contributed by atoms with Crippen LogP contribution in [0, 0.1) is 0 Å². The molecule has 76 valence electrons. The van der Waals surface area contributed by atoms with E-state index in [1.165, 1.54) is 0 Å². The lowest BCUT2D eigenvalue weighted by Crippen LogP contribution is -2.18. The predicted octanol–water partition coefficient (Wildman–Crippen LogP) is 2.77. The summed E-state index contributed by atoms with van der Waals surface area (Å²) in [5.74, 6) is 0.583. The van der Waals surface area contributed by atoms with Gasteiger partial charge in [-0.25, -0.2) is 0 Å². The lowest BCUT2D eigenvalue weighted by molar-refractivity contribution is 0.412. The Bertz CT molecular complexity index is 349. The van der Waals surface area contributed by atoms with E-state index in [4.69, 9.17) is 34.3 Å².